The SMILES string of the molecule is CC(C)C(=O)N(C1CCCCC1)[C@H]1CCNC1. The minimum absolute atomic E-state index is 0.137. The highest BCUT2D eigenvalue weighted by Crippen LogP contribution is 2.27. The van der Waals surface area contributed by atoms with Crippen LogP contribution < -0.4 is 5.32 Å². The van der Waals surface area contributed by atoms with Gasteiger partial charge in [0.1, 0.15) is 0 Å². The predicted molar refractivity (Wildman–Crippen MR) is 69.8 cm³/mol. The van der Waals surface area contributed by atoms with Gasteiger partial charge in [0.15, 0.2) is 0 Å². The number of carbonyl (C=O) groups is 1. The van der Waals surface area contributed by atoms with Crippen LogP contribution in [0.5, 0.6) is 0 Å². The summed E-state index contributed by atoms with van der Waals surface area (Å²) >= 11 is 0. The molecular formula is C14H26N2O. The third kappa shape index (κ3) is 3.01. The summed E-state index contributed by atoms with van der Waals surface area (Å²) in [5.41, 5.74) is 0. The standard InChI is InChI=1S/C14H26N2O/c1-11(2)14(17)16(13-8-9-15-10-13)12-6-4-3-5-7-12/h11-13,15H,3-10H2,1-2H3/t13-/m0/s1. The molecule has 1 saturated heterocycles. The Hall–Kier alpha value is -0.570. The Kier molecular flexibility index (Phi) is 4.43. The minimum atomic E-state index is 0.137. The molecule has 2 rings (SSSR count). The fourth-order valence-corrected chi connectivity index (χ4v) is 3.19. The van der Waals surface area contributed by atoms with Gasteiger partial charge >= 0.3 is 0 Å². The van der Waals surface area contributed by atoms with Crippen LogP contribution in [0.2, 0.25) is 0 Å². The molecule has 1 saturated carbocycles. The van der Waals surface area contributed by atoms with Crippen molar-refractivity contribution in [2.45, 2.75) is 64.5 Å². The van der Waals surface area contributed by atoms with E-state index in [9.17, 15) is 4.79 Å². The maximum Gasteiger partial charge on any atom is 0.225 e. The summed E-state index contributed by atoms with van der Waals surface area (Å²) in [6, 6.07) is 0.969. The van der Waals surface area contributed by atoms with Crippen molar-refractivity contribution in [2.75, 3.05) is 13.1 Å². The lowest BCUT2D eigenvalue weighted by atomic mass is 9.92. The molecule has 0 spiro atoms. The van der Waals surface area contributed by atoms with Gasteiger partial charge in [-0.1, -0.05) is 33.1 Å². The van der Waals surface area contributed by atoms with Gasteiger partial charge in [0.2, 0.25) is 5.91 Å². The van der Waals surface area contributed by atoms with Gasteiger partial charge in [-0.2, -0.15) is 0 Å². The first-order valence-electron chi connectivity index (χ1n) is 7.23. The van der Waals surface area contributed by atoms with E-state index in [4.69, 9.17) is 0 Å². The zero-order valence-electron chi connectivity index (χ0n) is 11.2. The van der Waals surface area contributed by atoms with Crippen molar-refractivity contribution in [2.24, 2.45) is 5.92 Å². The molecule has 0 unspecified atom stereocenters. The molecule has 0 aromatic heterocycles. The first kappa shape index (κ1) is 12.9. The summed E-state index contributed by atoms with van der Waals surface area (Å²) in [5.74, 6) is 0.503. The first-order valence-corrected chi connectivity index (χ1v) is 7.23. The maximum absolute atomic E-state index is 12.4. The van der Waals surface area contributed by atoms with Crippen molar-refractivity contribution in [1.29, 1.82) is 0 Å². The molecule has 1 aliphatic heterocycles. The highest BCUT2D eigenvalue weighted by Gasteiger charge is 2.33. The Bertz CT molecular complexity index is 253. The minimum Gasteiger partial charge on any atom is -0.335 e. The molecule has 1 atom stereocenters. The fraction of sp³-hybridized carbons (Fsp3) is 0.929. The lowest BCUT2D eigenvalue weighted by Crippen LogP contribution is -2.50. The largest absolute Gasteiger partial charge is 0.335 e. The molecule has 1 N–H and O–H groups in total. The normalized spacial score (nSPS) is 26.4. The summed E-state index contributed by atoms with van der Waals surface area (Å²) in [6.07, 6.45) is 7.52. The van der Waals surface area contributed by atoms with E-state index in [1.54, 1.807) is 0 Å². The van der Waals surface area contributed by atoms with Crippen LogP contribution in [0, 0.1) is 5.92 Å². The van der Waals surface area contributed by atoms with Crippen molar-refractivity contribution in [3.8, 4) is 0 Å². The highest BCUT2D eigenvalue weighted by atomic mass is 16.2. The monoisotopic (exact) mass is 238 g/mol. The number of nitrogens with zero attached hydrogens (tertiary/aromatic N) is 1. The Morgan fingerprint density at radius 1 is 1.12 bits per heavy atom. The summed E-state index contributed by atoms with van der Waals surface area (Å²) in [7, 11) is 0. The van der Waals surface area contributed by atoms with E-state index >= 15 is 0 Å². The smallest absolute Gasteiger partial charge is 0.225 e. The van der Waals surface area contributed by atoms with Gasteiger partial charge in [-0.25, -0.2) is 0 Å². The molecule has 98 valence electrons. The average molecular weight is 238 g/mol. The Balaban J connectivity index is 2.07. The molecular weight excluding hydrogens is 212 g/mol. The number of hydrogen-bond acceptors (Lipinski definition) is 2. The highest BCUT2D eigenvalue weighted by molar-refractivity contribution is 5.78. The molecule has 17 heavy (non-hydrogen) atoms. The lowest BCUT2D eigenvalue weighted by Gasteiger charge is -2.39. The van der Waals surface area contributed by atoms with Crippen LogP contribution in [0.15, 0.2) is 0 Å². The summed E-state index contributed by atoms with van der Waals surface area (Å²) in [4.78, 5) is 14.7. The van der Waals surface area contributed by atoms with Crippen molar-refractivity contribution in [3.63, 3.8) is 0 Å². The molecule has 1 amide bonds. The Morgan fingerprint density at radius 2 is 1.82 bits per heavy atom. The lowest BCUT2D eigenvalue weighted by molar-refractivity contribution is -0.140. The molecule has 3 nitrogen and oxygen atoms in total. The number of amides is 1. The fourth-order valence-electron chi connectivity index (χ4n) is 3.19. The first-order chi connectivity index (χ1) is 8.20. The summed E-state index contributed by atoms with van der Waals surface area (Å²) in [5, 5.41) is 3.39. The molecule has 0 radical (unpaired) electrons. The van der Waals surface area contributed by atoms with Crippen LogP contribution in [0.1, 0.15) is 52.4 Å². The quantitative estimate of drug-likeness (QED) is 0.817. The Morgan fingerprint density at radius 3 is 2.35 bits per heavy atom. The van der Waals surface area contributed by atoms with E-state index in [2.05, 4.69) is 10.2 Å². The van der Waals surface area contributed by atoms with E-state index in [-0.39, 0.29) is 5.92 Å². The topological polar surface area (TPSA) is 32.3 Å². The maximum atomic E-state index is 12.4. The summed E-state index contributed by atoms with van der Waals surface area (Å²) in [6.45, 7) is 6.12. The second-order valence-electron chi connectivity index (χ2n) is 5.84. The molecule has 0 aromatic rings. The average Bonchev–Trinajstić information content (AvgIpc) is 2.84. The van der Waals surface area contributed by atoms with Gasteiger partial charge in [-0.15, -0.1) is 0 Å². The number of carbonyl (C=O) groups excluding carboxylic acids is 1. The molecule has 1 aliphatic carbocycles. The van der Waals surface area contributed by atoms with Gasteiger partial charge in [0.05, 0.1) is 0 Å². The van der Waals surface area contributed by atoms with Gasteiger partial charge < -0.3 is 10.2 Å². The van der Waals surface area contributed by atoms with Crippen LogP contribution in [-0.2, 0) is 4.79 Å². The number of nitrogens with one attached hydrogen (secondary N) is 1. The number of rotatable bonds is 3. The van der Waals surface area contributed by atoms with Gasteiger partial charge in [0.25, 0.3) is 0 Å². The molecule has 1 heterocycles. The van der Waals surface area contributed by atoms with E-state index < -0.39 is 0 Å². The van der Waals surface area contributed by atoms with Crippen molar-refractivity contribution < 1.29 is 4.79 Å². The second kappa shape index (κ2) is 5.85. The molecule has 2 fully saturated rings. The Labute approximate surface area is 105 Å². The predicted octanol–water partition coefficient (Wildman–Crippen LogP) is 2.17. The van der Waals surface area contributed by atoms with Crippen LogP contribution in [0.4, 0.5) is 0 Å². The van der Waals surface area contributed by atoms with Crippen molar-refractivity contribution in [1.82, 2.24) is 10.2 Å². The second-order valence-corrected chi connectivity index (χ2v) is 5.84. The van der Waals surface area contributed by atoms with E-state index in [1.165, 1.54) is 32.1 Å². The molecule has 2 aliphatic rings. The molecule has 3 heteroatoms. The van der Waals surface area contributed by atoms with Gasteiger partial charge in [0, 0.05) is 24.5 Å². The van der Waals surface area contributed by atoms with Crippen LogP contribution >= 0.6 is 0 Å². The third-order valence-electron chi connectivity index (χ3n) is 4.14. The van der Waals surface area contributed by atoms with Crippen molar-refractivity contribution in [3.05, 3.63) is 0 Å². The summed E-state index contributed by atoms with van der Waals surface area (Å²) < 4.78 is 0. The van der Waals surface area contributed by atoms with E-state index in [1.807, 2.05) is 13.8 Å². The third-order valence-corrected chi connectivity index (χ3v) is 4.14. The van der Waals surface area contributed by atoms with Gasteiger partial charge in [-0.05, 0) is 25.8 Å². The zero-order chi connectivity index (χ0) is 12.3. The van der Waals surface area contributed by atoms with Crippen LogP contribution in [0.25, 0.3) is 0 Å². The molecule has 0 aromatic carbocycles. The zero-order valence-corrected chi connectivity index (χ0v) is 11.2. The van der Waals surface area contributed by atoms with Crippen LogP contribution in [-0.4, -0.2) is 36.0 Å². The van der Waals surface area contributed by atoms with Gasteiger partial charge in [-0.3, -0.25) is 4.79 Å². The van der Waals surface area contributed by atoms with E-state index in [0.29, 0.717) is 18.0 Å². The molecule has 0 bridgehead atoms. The van der Waals surface area contributed by atoms with Crippen LogP contribution in [0.3, 0.4) is 0 Å². The number of hydrogen-bond donors (Lipinski definition) is 1. The van der Waals surface area contributed by atoms with Crippen molar-refractivity contribution >= 4 is 5.91 Å². The van der Waals surface area contributed by atoms with E-state index in [0.717, 1.165) is 19.5 Å².